The number of carbonyl (C=O) groups excluding carboxylic acids is 2. The molecule has 1 atom stereocenters. The lowest BCUT2D eigenvalue weighted by atomic mass is 10.3. The van der Waals surface area contributed by atoms with Crippen LogP contribution < -0.4 is 10.6 Å². The molecule has 2 aromatic rings. The smallest absolute Gasteiger partial charge is 0.237 e. The average molecular weight is 377 g/mol. The fraction of sp³-hybridized carbons (Fsp3) is 0.263. The summed E-state index contributed by atoms with van der Waals surface area (Å²) in [7, 11) is 0. The molecule has 0 aliphatic carbocycles. The maximum Gasteiger partial charge on any atom is 0.237 e. The molecular weight excluding hydrogens is 356 g/mol. The predicted molar refractivity (Wildman–Crippen MR) is 105 cm³/mol. The van der Waals surface area contributed by atoms with Gasteiger partial charge in [-0.25, -0.2) is 0 Å². The second kappa shape index (κ2) is 9.49. The summed E-state index contributed by atoms with van der Waals surface area (Å²) < 4.78 is 0. The number of halogens is 1. The zero-order valence-corrected chi connectivity index (χ0v) is 15.8. The third-order valence-corrected chi connectivity index (χ3v) is 4.70. The Bertz CT molecular complexity index is 752. The molecule has 0 saturated carbocycles. The molecule has 0 radical (unpaired) electrons. The number of hydrogen-bond acceptors (Lipinski definition) is 3. The van der Waals surface area contributed by atoms with Crippen LogP contribution in [0.4, 0.5) is 11.4 Å². The van der Waals surface area contributed by atoms with Gasteiger partial charge in [-0.3, -0.25) is 9.59 Å². The highest BCUT2D eigenvalue weighted by Crippen LogP contribution is 2.27. The molecule has 0 fully saturated rings. The lowest BCUT2D eigenvalue weighted by Crippen LogP contribution is -2.22. The minimum atomic E-state index is -0.291. The third kappa shape index (κ3) is 6.44. The highest BCUT2D eigenvalue weighted by molar-refractivity contribution is 8.00. The summed E-state index contributed by atoms with van der Waals surface area (Å²) in [6.07, 6.45) is 1.30. The summed E-state index contributed by atoms with van der Waals surface area (Å²) in [5, 5.41) is 6.00. The molecule has 2 N–H and O–H groups in total. The topological polar surface area (TPSA) is 58.2 Å². The number of thioether (sulfide) groups is 1. The molecular formula is C19H21ClN2O2S. The van der Waals surface area contributed by atoms with E-state index >= 15 is 0 Å². The molecule has 4 nitrogen and oxygen atoms in total. The van der Waals surface area contributed by atoms with E-state index in [0.29, 0.717) is 17.1 Å². The first-order valence-electron chi connectivity index (χ1n) is 8.11. The van der Waals surface area contributed by atoms with Gasteiger partial charge in [-0.15, -0.1) is 11.8 Å². The van der Waals surface area contributed by atoms with Crippen LogP contribution in [0.1, 0.15) is 26.7 Å². The molecule has 2 amide bonds. The van der Waals surface area contributed by atoms with Crippen LogP contribution in [0.25, 0.3) is 0 Å². The molecule has 0 aliphatic heterocycles. The van der Waals surface area contributed by atoms with Gasteiger partial charge in [0.1, 0.15) is 0 Å². The molecule has 6 heteroatoms. The van der Waals surface area contributed by atoms with Crippen LogP contribution >= 0.6 is 23.4 Å². The lowest BCUT2D eigenvalue weighted by Gasteiger charge is -2.13. The van der Waals surface area contributed by atoms with E-state index in [1.165, 1.54) is 11.8 Å². The van der Waals surface area contributed by atoms with E-state index in [1.54, 1.807) is 24.3 Å². The van der Waals surface area contributed by atoms with Crippen LogP contribution in [-0.4, -0.2) is 17.1 Å². The molecule has 0 aliphatic rings. The number of amides is 2. The first kappa shape index (κ1) is 19.3. The zero-order valence-electron chi connectivity index (χ0n) is 14.2. The van der Waals surface area contributed by atoms with E-state index in [1.807, 2.05) is 38.1 Å². The van der Waals surface area contributed by atoms with Crippen LogP contribution in [-0.2, 0) is 9.59 Å². The normalized spacial score (nSPS) is 11.6. The fourth-order valence-electron chi connectivity index (χ4n) is 2.17. The summed E-state index contributed by atoms with van der Waals surface area (Å²) in [5.41, 5.74) is 1.41. The molecule has 25 heavy (non-hydrogen) atoms. The molecule has 0 spiro atoms. The summed E-state index contributed by atoms with van der Waals surface area (Å²) in [6.45, 7) is 3.80. The van der Waals surface area contributed by atoms with Crippen molar-refractivity contribution in [2.75, 3.05) is 10.6 Å². The number of carbonyl (C=O) groups is 2. The van der Waals surface area contributed by atoms with Crippen molar-refractivity contribution in [3.05, 3.63) is 53.6 Å². The van der Waals surface area contributed by atoms with Crippen molar-refractivity contribution in [3.63, 3.8) is 0 Å². The minimum absolute atomic E-state index is 0.00334. The van der Waals surface area contributed by atoms with Gasteiger partial charge in [0.2, 0.25) is 11.8 Å². The van der Waals surface area contributed by atoms with Crippen molar-refractivity contribution in [3.8, 4) is 0 Å². The monoisotopic (exact) mass is 376 g/mol. The molecule has 0 bridgehead atoms. The highest BCUT2D eigenvalue weighted by atomic mass is 35.5. The van der Waals surface area contributed by atoms with Crippen molar-refractivity contribution in [2.45, 2.75) is 36.8 Å². The van der Waals surface area contributed by atoms with E-state index in [2.05, 4.69) is 10.6 Å². The van der Waals surface area contributed by atoms with Gasteiger partial charge in [0.15, 0.2) is 0 Å². The van der Waals surface area contributed by atoms with Crippen molar-refractivity contribution < 1.29 is 9.59 Å². The second-order valence-electron chi connectivity index (χ2n) is 5.59. The summed E-state index contributed by atoms with van der Waals surface area (Å²) in [4.78, 5) is 24.9. The SMILES string of the molecule is CCCC(=O)Nc1cccc(SC(C)C(=O)Nc2cccc(Cl)c2)c1. The predicted octanol–water partition coefficient (Wildman–Crippen LogP) is 5.20. The molecule has 2 aromatic carbocycles. The van der Waals surface area contributed by atoms with E-state index < -0.39 is 0 Å². The van der Waals surface area contributed by atoms with Crippen molar-refractivity contribution in [1.29, 1.82) is 0 Å². The van der Waals surface area contributed by atoms with E-state index in [-0.39, 0.29) is 17.1 Å². The van der Waals surface area contributed by atoms with Gasteiger partial charge in [0, 0.05) is 27.7 Å². The Morgan fingerprint density at radius 1 is 1.08 bits per heavy atom. The first-order chi connectivity index (χ1) is 12.0. The zero-order chi connectivity index (χ0) is 18.2. The van der Waals surface area contributed by atoms with Crippen molar-refractivity contribution in [1.82, 2.24) is 0 Å². The van der Waals surface area contributed by atoms with Gasteiger partial charge in [0.25, 0.3) is 0 Å². The third-order valence-electron chi connectivity index (χ3n) is 3.37. The van der Waals surface area contributed by atoms with Gasteiger partial charge in [-0.05, 0) is 49.7 Å². The maximum atomic E-state index is 12.3. The minimum Gasteiger partial charge on any atom is -0.326 e. The van der Waals surface area contributed by atoms with Crippen molar-refractivity contribution in [2.24, 2.45) is 0 Å². The number of anilines is 2. The standard InChI is InChI=1S/C19H21ClN2O2S/c1-3-6-18(23)21-16-9-5-10-17(12-16)25-13(2)19(24)22-15-8-4-7-14(20)11-15/h4-5,7-13H,3,6H2,1-2H3,(H,21,23)(H,22,24). The summed E-state index contributed by atoms with van der Waals surface area (Å²) >= 11 is 7.36. The van der Waals surface area contributed by atoms with Gasteiger partial charge in [-0.1, -0.05) is 30.7 Å². The Labute approximate surface area is 157 Å². The van der Waals surface area contributed by atoms with Gasteiger partial charge >= 0.3 is 0 Å². The number of benzene rings is 2. The van der Waals surface area contributed by atoms with Crippen LogP contribution in [0.2, 0.25) is 5.02 Å². The molecule has 2 rings (SSSR count). The van der Waals surface area contributed by atoms with Crippen molar-refractivity contribution >= 4 is 46.6 Å². The van der Waals surface area contributed by atoms with Crippen LogP contribution in [0, 0.1) is 0 Å². The first-order valence-corrected chi connectivity index (χ1v) is 9.36. The second-order valence-corrected chi connectivity index (χ2v) is 7.44. The Morgan fingerprint density at radius 3 is 2.44 bits per heavy atom. The Hall–Kier alpha value is -1.98. The number of hydrogen-bond donors (Lipinski definition) is 2. The Morgan fingerprint density at radius 2 is 1.76 bits per heavy atom. The Kier molecular flexibility index (Phi) is 7.34. The Balaban J connectivity index is 1.96. The maximum absolute atomic E-state index is 12.3. The molecule has 132 valence electrons. The van der Waals surface area contributed by atoms with Gasteiger partial charge < -0.3 is 10.6 Å². The van der Waals surface area contributed by atoms with Gasteiger partial charge in [-0.2, -0.15) is 0 Å². The largest absolute Gasteiger partial charge is 0.326 e. The lowest BCUT2D eigenvalue weighted by molar-refractivity contribution is -0.116. The van der Waals surface area contributed by atoms with E-state index in [0.717, 1.165) is 17.0 Å². The summed E-state index contributed by atoms with van der Waals surface area (Å²) in [6, 6.07) is 14.6. The highest BCUT2D eigenvalue weighted by Gasteiger charge is 2.15. The molecule has 0 saturated heterocycles. The molecule has 0 heterocycles. The van der Waals surface area contributed by atoms with Gasteiger partial charge in [0.05, 0.1) is 5.25 Å². The van der Waals surface area contributed by atoms with E-state index in [9.17, 15) is 9.59 Å². The van der Waals surface area contributed by atoms with Crippen LogP contribution in [0.15, 0.2) is 53.4 Å². The van der Waals surface area contributed by atoms with Crippen LogP contribution in [0.5, 0.6) is 0 Å². The fourth-order valence-corrected chi connectivity index (χ4v) is 3.28. The average Bonchev–Trinajstić information content (AvgIpc) is 2.55. The number of nitrogens with one attached hydrogen (secondary N) is 2. The van der Waals surface area contributed by atoms with Crippen LogP contribution in [0.3, 0.4) is 0 Å². The van der Waals surface area contributed by atoms with E-state index in [4.69, 9.17) is 11.6 Å². The quantitative estimate of drug-likeness (QED) is 0.653. The summed E-state index contributed by atoms with van der Waals surface area (Å²) in [5.74, 6) is -0.107. The number of rotatable bonds is 7. The molecule has 1 unspecified atom stereocenters. The molecule has 0 aromatic heterocycles.